The Morgan fingerprint density at radius 2 is 2.09 bits per heavy atom. The molecule has 2 aromatic rings. The number of hydrogen-bond donors (Lipinski definition) is 1. The van der Waals surface area contributed by atoms with Gasteiger partial charge in [0.2, 0.25) is 0 Å². The third-order valence-electron chi connectivity index (χ3n) is 3.71. The van der Waals surface area contributed by atoms with Crippen LogP contribution in [0.1, 0.15) is 36.0 Å². The van der Waals surface area contributed by atoms with Crippen molar-refractivity contribution < 1.29 is 13.6 Å². The zero-order valence-electron chi connectivity index (χ0n) is 13.2. The summed E-state index contributed by atoms with van der Waals surface area (Å²) in [6, 6.07) is 7.81. The number of furan rings is 1. The predicted octanol–water partition coefficient (Wildman–Crippen LogP) is 3.99. The van der Waals surface area contributed by atoms with Gasteiger partial charge in [-0.05, 0) is 43.4 Å². The smallest absolute Gasteiger partial charge is 0.251 e. The van der Waals surface area contributed by atoms with Gasteiger partial charge >= 0.3 is 0 Å². The van der Waals surface area contributed by atoms with Gasteiger partial charge in [0, 0.05) is 16.6 Å². The fraction of sp³-hybridized carbons (Fsp3) is 0.353. The molecular formula is C17H20BrFN2O2. The molecule has 1 atom stereocenters. The summed E-state index contributed by atoms with van der Waals surface area (Å²) in [6.45, 7) is 6.19. The molecule has 0 radical (unpaired) electrons. The zero-order chi connectivity index (χ0) is 16.8. The molecule has 1 unspecified atom stereocenters. The molecule has 1 N–H and O–H groups in total. The molecule has 0 aliphatic rings. The first-order valence-corrected chi connectivity index (χ1v) is 8.36. The molecule has 0 spiro atoms. The van der Waals surface area contributed by atoms with Crippen LogP contribution < -0.4 is 5.32 Å². The standard InChI is InChI=1S/C17H20BrFN2O2/c1-3-21(4-2)15(16-6-5-7-23-16)11-20-17(22)12-8-13(18)10-14(19)9-12/h5-10,15H,3-4,11H2,1-2H3,(H,20,22). The Morgan fingerprint density at radius 1 is 1.35 bits per heavy atom. The van der Waals surface area contributed by atoms with Crippen LogP contribution in [-0.2, 0) is 0 Å². The van der Waals surface area contributed by atoms with Crippen molar-refractivity contribution in [2.24, 2.45) is 0 Å². The first-order chi connectivity index (χ1) is 11.0. The van der Waals surface area contributed by atoms with Crippen molar-refractivity contribution in [3.05, 3.63) is 58.2 Å². The van der Waals surface area contributed by atoms with E-state index in [4.69, 9.17) is 4.42 Å². The summed E-state index contributed by atoms with van der Waals surface area (Å²) in [5.74, 6) is 0.0409. The predicted molar refractivity (Wildman–Crippen MR) is 90.8 cm³/mol. The van der Waals surface area contributed by atoms with Crippen molar-refractivity contribution in [3.8, 4) is 0 Å². The fourth-order valence-corrected chi connectivity index (χ4v) is 3.00. The highest BCUT2D eigenvalue weighted by molar-refractivity contribution is 9.10. The van der Waals surface area contributed by atoms with Crippen LogP contribution in [0.3, 0.4) is 0 Å². The van der Waals surface area contributed by atoms with Crippen LogP contribution in [0, 0.1) is 5.82 Å². The van der Waals surface area contributed by atoms with E-state index in [0.29, 0.717) is 11.0 Å². The maximum atomic E-state index is 13.4. The van der Waals surface area contributed by atoms with Crippen molar-refractivity contribution in [1.82, 2.24) is 10.2 Å². The van der Waals surface area contributed by atoms with Crippen molar-refractivity contribution in [1.29, 1.82) is 0 Å². The highest BCUT2D eigenvalue weighted by atomic mass is 79.9. The van der Waals surface area contributed by atoms with E-state index in [1.165, 1.54) is 12.1 Å². The van der Waals surface area contributed by atoms with Crippen LogP contribution >= 0.6 is 15.9 Å². The van der Waals surface area contributed by atoms with Gasteiger partial charge in [-0.3, -0.25) is 9.69 Å². The molecule has 2 rings (SSSR count). The van der Waals surface area contributed by atoms with E-state index in [-0.39, 0.29) is 17.5 Å². The quantitative estimate of drug-likeness (QED) is 0.787. The number of benzene rings is 1. The van der Waals surface area contributed by atoms with E-state index in [1.807, 2.05) is 12.1 Å². The number of carbonyl (C=O) groups is 1. The Kier molecular flexibility index (Phi) is 6.36. The number of nitrogens with one attached hydrogen (secondary N) is 1. The summed E-state index contributed by atoms with van der Waals surface area (Å²) in [7, 11) is 0. The summed E-state index contributed by atoms with van der Waals surface area (Å²) in [5.41, 5.74) is 0.287. The molecule has 1 amide bonds. The van der Waals surface area contributed by atoms with Gasteiger partial charge in [-0.2, -0.15) is 0 Å². The minimum Gasteiger partial charge on any atom is -0.468 e. The average Bonchev–Trinajstić information content (AvgIpc) is 3.04. The van der Waals surface area contributed by atoms with Crippen molar-refractivity contribution in [2.75, 3.05) is 19.6 Å². The lowest BCUT2D eigenvalue weighted by molar-refractivity contribution is 0.0929. The number of rotatable bonds is 7. The molecule has 0 aliphatic carbocycles. The molecular weight excluding hydrogens is 363 g/mol. The average molecular weight is 383 g/mol. The van der Waals surface area contributed by atoms with Gasteiger partial charge in [-0.25, -0.2) is 4.39 Å². The van der Waals surface area contributed by atoms with E-state index >= 15 is 0 Å². The fourth-order valence-electron chi connectivity index (χ4n) is 2.53. The number of halogens is 2. The topological polar surface area (TPSA) is 45.5 Å². The lowest BCUT2D eigenvalue weighted by Crippen LogP contribution is -2.38. The van der Waals surface area contributed by atoms with Crippen LogP contribution in [0.25, 0.3) is 0 Å². The molecule has 23 heavy (non-hydrogen) atoms. The summed E-state index contributed by atoms with van der Waals surface area (Å²) in [6.07, 6.45) is 1.62. The number of hydrogen-bond acceptors (Lipinski definition) is 3. The highest BCUT2D eigenvalue weighted by Crippen LogP contribution is 2.21. The molecule has 0 saturated carbocycles. The number of nitrogens with zero attached hydrogens (tertiary/aromatic N) is 1. The van der Waals surface area contributed by atoms with Crippen LogP contribution in [0.2, 0.25) is 0 Å². The van der Waals surface area contributed by atoms with Gasteiger partial charge < -0.3 is 9.73 Å². The van der Waals surface area contributed by atoms with Gasteiger partial charge in [0.1, 0.15) is 11.6 Å². The maximum Gasteiger partial charge on any atom is 0.251 e. The molecule has 0 fully saturated rings. The Bertz CT molecular complexity index is 622. The molecule has 0 bridgehead atoms. The second-order valence-corrected chi connectivity index (χ2v) is 6.04. The lowest BCUT2D eigenvalue weighted by Gasteiger charge is -2.28. The monoisotopic (exact) mass is 382 g/mol. The van der Waals surface area contributed by atoms with E-state index in [0.717, 1.165) is 18.8 Å². The second kappa shape index (κ2) is 8.26. The first kappa shape index (κ1) is 17.7. The van der Waals surface area contributed by atoms with Crippen LogP contribution in [0.5, 0.6) is 0 Å². The van der Waals surface area contributed by atoms with Gasteiger partial charge in [0.25, 0.3) is 5.91 Å². The number of likely N-dealkylation sites (N-methyl/N-ethyl adjacent to an activating group) is 1. The molecule has 0 saturated heterocycles. The van der Waals surface area contributed by atoms with Gasteiger partial charge in [0.15, 0.2) is 0 Å². The number of carbonyl (C=O) groups excluding carboxylic acids is 1. The summed E-state index contributed by atoms with van der Waals surface area (Å²) in [4.78, 5) is 14.5. The van der Waals surface area contributed by atoms with Gasteiger partial charge in [0.05, 0.1) is 12.3 Å². The van der Waals surface area contributed by atoms with Crippen molar-refractivity contribution in [2.45, 2.75) is 19.9 Å². The minimum atomic E-state index is -0.448. The SMILES string of the molecule is CCN(CC)C(CNC(=O)c1cc(F)cc(Br)c1)c1ccco1. The summed E-state index contributed by atoms with van der Waals surface area (Å²) < 4.78 is 19.4. The Morgan fingerprint density at radius 3 is 2.65 bits per heavy atom. The highest BCUT2D eigenvalue weighted by Gasteiger charge is 2.21. The van der Waals surface area contributed by atoms with Crippen LogP contribution in [-0.4, -0.2) is 30.4 Å². The van der Waals surface area contributed by atoms with E-state index in [2.05, 4.69) is 40.0 Å². The van der Waals surface area contributed by atoms with Crippen molar-refractivity contribution >= 4 is 21.8 Å². The minimum absolute atomic E-state index is 0.0547. The number of amides is 1. The molecule has 6 heteroatoms. The molecule has 1 aromatic carbocycles. The molecule has 124 valence electrons. The molecule has 4 nitrogen and oxygen atoms in total. The molecule has 1 aromatic heterocycles. The Hall–Kier alpha value is -1.66. The van der Waals surface area contributed by atoms with E-state index < -0.39 is 5.82 Å². The Balaban J connectivity index is 2.10. The maximum absolute atomic E-state index is 13.4. The lowest BCUT2D eigenvalue weighted by atomic mass is 10.1. The second-order valence-electron chi connectivity index (χ2n) is 5.12. The van der Waals surface area contributed by atoms with Crippen molar-refractivity contribution in [3.63, 3.8) is 0 Å². The largest absolute Gasteiger partial charge is 0.468 e. The summed E-state index contributed by atoms with van der Waals surface area (Å²) >= 11 is 3.20. The van der Waals surface area contributed by atoms with E-state index in [9.17, 15) is 9.18 Å². The third-order valence-corrected chi connectivity index (χ3v) is 4.16. The van der Waals surface area contributed by atoms with Gasteiger partial charge in [-0.1, -0.05) is 29.8 Å². The molecule has 0 aliphatic heterocycles. The zero-order valence-corrected chi connectivity index (χ0v) is 14.8. The van der Waals surface area contributed by atoms with Gasteiger partial charge in [-0.15, -0.1) is 0 Å². The van der Waals surface area contributed by atoms with Crippen LogP contribution in [0.4, 0.5) is 4.39 Å². The Labute approximate surface area is 143 Å². The summed E-state index contributed by atoms with van der Waals surface area (Å²) in [5, 5.41) is 2.86. The molecule has 1 heterocycles. The third kappa shape index (κ3) is 4.65. The first-order valence-electron chi connectivity index (χ1n) is 7.56. The normalized spacial score (nSPS) is 12.4. The van der Waals surface area contributed by atoms with Crippen LogP contribution in [0.15, 0.2) is 45.5 Å². The van der Waals surface area contributed by atoms with E-state index in [1.54, 1.807) is 12.3 Å².